The Kier molecular flexibility index (Phi) is 4.51. The molecule has 2 aromatic rings. The van der Waals surface area contributed by atoms with E-state index in [0.29, 0.717) is 25.9 Å². The Hall–Kier alpha value is -2.82. The van der Waals surface area contributed by atoms with Crippen molar-refractivity contribution in [1.29, 1.82) is 0 Å². The Morgan fingerprint density at radius 3 is 2.29 bits per heavy atom. The number of aryl methyl sites for hydroxylation is 1. The van der Waals surface area contributed by atoms with Gasteiger partial charge in [0.2, 0.25) is 0 Å². The van der Waals surface area contributed by atoms with Crippen molar-refractivity contribution in [2.24, 2.45) is 7.05 Å². The Morgan fingerprint density at radius 2 is 1.71 bits per heavy atom. The van der Waals surface area contributed by atoms with Crippen molar-refractivity contribution in [1.82, 2.24) is 9.47 Å². The fraction of sp³-hybridized carbons (Fsp3) is 0.263. The summed E-state index contributed by atoms with van der Waals surface area (Å²) in [6.45, 7) is 0.984. The third-order valence-corrected chi connectivity index (χ3v) is 4.45. The third-order valence-electron chi connectivity index (χ3n) is 4.45. The van der Waals surface area contributed by atoms with E-state index in [4.69, 9.17) is 5.11 Å². The highest BCUT2D eigenvalue weighted by Gasteiger charge is 2.21. The highest BCUT2D eigenvalue weighted by atomic mass is 16.4. The molecule has 5 heteroatoms. The molecule has 1 aliphatic heterocycles. The predicted molar refractivity (Wildman–Crippen MR) is 93.0 cm³/mol. The van der Waals surface area contributed by atoms with Crippen LogP contribution in [0, 0.1) is 0 Å². The van der Waals surface area contributed by atoms with Gasteiger partial charge in [-0.25, -0.2) is 4.79 Å². The monoisotopic (exact) mass is 324 g/mol. The summed E-state index contributed by atoms with van der Waals surface area (Å²) in [5.41, 5.74) is 4.15. The summed E-state index contributed by atoms with van der Waals surface area (Å²) in [7, 11) is 1.73. The van der Waals surface area contributed by atoms with E-state index in [1.165, 1.54) is 10.5 Å². The molecule has 0 saturated carbocycles. The molecule has 0 aliphatic carbocycles. The molecule has 0 spiro atoms. The Morgan fingerprint density at radius 1 is 1.04 bits per heavy atom. The van der Waals surface area contributed by atoms with Gasteiger partial charge < -0.3 is 14.6 Å². The zero-order chi connectivity index (χ0) is 17.1. The zero-order valence-corrected chi connectivity index (χ0v) is 13.6. The van der Waals surface area contributed by atoms with Crippen molar-refractivity contribution in [2.75, 3.05) is 13.1 Å². The first-order chi connectivity index (χ1) is 11.6. The third kappa shape index (κ3) is 3.25. The van der Waals surface area contributed by atoms with Gasteiger partial charge in [-0.1, -0.05) is 35.9 Å². The van der Waals surface area contributed by atoms with E-state index in [0.717, 1.165) is 16.7 Å². The first-order valence-electron chi connectivity index (χ1n) is 7.98. The highest BCUT2D eigenvalue weighted by molar-refractivity contribution is 5.82. The van der Waals surface area contributed by atoms with Gasteiger partial charge in [0.25, 0.3) is 5.56 Å². The summed E-state index contributed by atoms with van der Waals surface area (Å²) < 4.78 is 1.55. The number of carboxylic acid groups (broad SMARTS) is 1. The van der Waals surface area contributed by atoms with Crippen LogP contribution in [-0.2, 0) is 7.05 Å². The number of likely N-dealkylation sites (tertiary alicyclic amines) is 1. The van der Waals surface area contributed by atoms with Crippen LogP contribution in [0.2, 0.25) is 0 Å². The molecule has 1 amide bonds. The second-order valence-electron chi connectivity index (χ2n) is 5.98. The fourth-order valence-electron chi connectivity index (χ4n) is 3.10. The van der Waals surface area contributed by atoms with Gasteiger partial charge in [0.1, 0.15) is 0 Å². The number of piperidine rings is 1. The lowest BCUT2D eigenvalue weighted by Crippen LogP contribution is -2.35. The minimum atomic E-state index is -0.871. The van der Waals surface area contributed by atoms with E-state index in [9.17, 15) is 9.59 Å². The van der Waals surface area contributed by atoms with Crippen LogP contribution >= 0.6 is 0 Å². The van der Waals surface area contributed by atoms with E-state index in [1.807, 2.05) is 36.4 Å². The second-order valence-corrected chi connectivity index (χ2v) is 5.98. The lowest BCUT2D eigenvalue weighted by atomic mass is 9.89. The number of nitrogens with zero attached hydrogens (tertiary/aromatic N) is 2. The minimum absolute atomic E-state index is 0.0514. The minimum Gasteiger partial charge on any atom is -0.465 e. The van der Waals surface area contributed by atoms with Crippen molar-refractivity contribution < 1.29 is 9.90 Å². The first kappa shape index (κ1) is 16.1. The molecule has 24 heavy (non-hydrogen) atoms. The Bertz CT molecular complexity index is 827. The molecule has 3 rings (SSSR count). The van der Waals surface area contributed by atoms with Gasteiger partial charge in [-0.15, -0.1) is 0 Å². The van der Waals surface area contributed by atoms with E-state index in [2.05, 4.69) is 0 Å². The molecule has 0 bridgehead atoms. The van der Waals surface area contributed by atoms with Crippen LogP contribution in [0.25, 0.3) is 5.57 Å². The smallest absolute Gasteiger partial charge is 0.407 e. The van der Waals surface area contributed by atoms with Gasteiger partial charge in [0.05, 0.1) is 0 Å². The first-order valence-corrected chi connectivity index (χ1v) is 7.98. The quantitative estimate of drug-likeness (QED) is 0.924. The van der Waals surface area contributed by atoms with Gasteiger partial charge in [-0.05, 0) is 35.6 Å². The maximum atomic E-state index is 12.1. The molecule has 2 heterocycles. The number of hydrogen-bond donors (Lipinski definition) is 1. The molecule has 1 aliphatic rings. The molecular weight excluding hydrogens is 304 g/mol. The summed E-state index contributed by atoms with van der Waals surface area (Å²) in [6, 6.07) is 13.6. The largest absolute Gasteiger partial charge is 0.465 e. The fourth-order valence-corrected chi connectivity index (χ4v) is 3.10. The molecule has 1 N–H and O–H groups in total. The number of benzene rings is 1. The molecule has 1 saturated heterocycles. The summed E-state index contributed by atoms with van der Waals surface area (Å²) in [5.74, 6) is 0. The van der Waals surface area contributed by atoms with E-state index in [1.54, 1.807) is 23.9 Å². The average molecular weight is 324 g/mol. The average Bonchev–Trinajstić information content (AvgIpc) is 2.60. The molecule has 0 radical (unpaired) electrons. The zero-order valence-electron chi connectivity index (χ0n) is 13.6. The van der Waals surface area contributed by atoms with Crippen LogP contribution in [-0.4, -0.2) is 33.8 Å². The van der Waals surface area contributed by atoms with Crippen molar-refractivity contribution in [3.05, 3.63) is 75.7 Å². The van der Waals surface area contributed by atoms with Crippen molar-refractivity contribution in [3.8, 4) is 0 Å². The van der Waals surface area contributed by atoms with Gasteiger partial charge in [-0.3, -0.25) is 4.79 Å². The van der Waals surface area contributed by atoms with Gasteiger partial charge in [-0.2, -0.15) is 0 Å². The number of carbonyl (C=O) groups is 1. The molecular formula is C19H20N2O3. The maximum absolute atomic E-state index is 12.1. The van der Waals surface area contributed by atoms with Crippen molar-refractivity contribution in [3.63, 3.8) is 0 Å². The number of amides is 1. The van der Waals surface area contributed by atoms with Crippen LogP contribution in [0.1, 0.15) is 24.0 Å². The molecule has 1 aromatic carbocycles. The lowest BCUT2D eigenvalue weighted by molar-refractivity contribution is 0.142. The predicted octanol–water partition coefficient (Wildman–Crippen LogP) is 2.96. The molecule has 0 unspecified atom stereocenters. The number of pyridine rings is 1. The molecule has 0 atom stereocenters. The normalized spacial score (nSPS) is 14.5. The van der Waals surface area contributed by atoms with Gasteiger partial charge in [0, 0.05) is 32.4 Å². The number of aromatic nitrogens is 1. The van der Waals surface area contributed by atoms with E-state index < -0.39 is 6.09 Å². The molecule has 1 fully saturated rings. The molecule has 5 nitrogen and oxygen atoms in total. The van der Waals surface area contributed by atoms with Crippen LogP contribution in [0.5, 0.6) is 0 Å². The van der Waals surface area contributed by atoms with Crippen LogP contribution in [0.15, 0.2) is 59.0 Å². The van der Waals surface area contributed by atoms with E-state index in [-0.39, 0.29) is 5.56 Å². The Balaban J connectivity index is 2.06. The summed E-state index contributed by atoms with van der Waals surface area (Å²) in [6.07, 6.45) is 2.27. The van der Waals surface area contributed by atoms with Crippen molar-refractivity contribution >= 4 is 11.7 Å². The maximum Gasteiger partial charge on any atom is 0.407 e. The van der Waals surface area contributed by atoms with Crippen molar-refractivity contribution in [2.45, 2.75) is 12.8 Å². The van der Waals surface area contributed by atoms with Gasteiger partial charge in [0.15, 0.2) is 0 Å². The van der Waals surface area contributed by atoms with Crippen LogP contribution in [0.4, 0.5) is 4.79 Å². The van der Waals surface area contributed by atoms with Gasteiger partial charge >= 0.3 is 6.09 Å². The SMILES string of the molecule is Cn1ccc(C(=C2CCN(C(=O)O)CC2)c2ccccc2)cc1=O. The summed E-state index contributed by atoms with van der Waals surface area (Å²) in [5, 5.41) is 9.13. The molecule has 124 valence electrons. The highest BCUT2D eigenvalue weighted by Crippen LogP contribution is 2.31. The number of hydrogen-bond acceptors (Lipinski definition) is 2. The Labute approximate surface area is 140 Å². The van der Waals surface area contributed by atoms with Crippen LogP contribution in [0.3, 0.4) is 0 Å². The van der Waals surface area contributed by atoms with E-state index >= 15 is 0 Å². The second kappa shape index (κ2) is 6.74. The number of rotatable bonds is 2. The summed E-state index contributed by atoms with van der Waals surface area (Å²) >= 11 is 0. The standard InChI is InChI=1S/C19H20N2O3/c1-20-10-7-16(13-17(20)22)18(14-5-3-2-4-6-14)15-8-11-21(12-9-15)19(23)24/h2-7,10,13H,8-9,11-12H2,1H3,(H,23,24). The summed E-state index contributed by atoms with van der Waals surface area (Å²) in [4.78, 5) is 24.6. The van der Waals surface area contributed by atoms with Crippen LogP contribution < -0.4 is 5.56 Å². The topological polar surface area (TPSA) is 62.5 Å². The lowest BCUT2D eigenvalue weighted by Gasteiger charge is -2.28. The molecule has 1 aromatic heterocycles.